The fourth-order valence-electron chi connectivity index (χ4n) is 2.14. The van der Waals surface area contributed by atoms with Crippen LogP contribution in [0.15, 0.2) is 23.8 Å². The lowest BCUT2D eigenvalue weighted by molar-refractivity contribution is -0.114. The highest BCUT2D eigenvalue weighted by Crippen LogP contribution is 2.13. The van der Waals surface area contributed by atoms with Crippen LogP contribution in [0.25, 0.3) is 0 Å². The molecule has 4 nitrogen and oxygen atoms in total. The van der Waals surface area contributed by atoms with E-state index < -0.39 is 0 Å². The molecular weight excluding hydrogens is 280 g/mol. The molecule has 0 aromatic carbocycles. The van der Waals surface area contributed by atoms with Gasteiger partial charge < -0.3 is 4.90 Å². The Morgan fingerprint density at radius 3 is 2.58 bits per heavy atom. The molecule has 0 atom stereocenters. The number of hydrogen-bond acceptors (Lipinski definition) is 5. The van der Waals surface area contributed by atoms with Crippen LogP contribution in [0.2, 0.25) is 0 Å². The van der Waals surface area contributed by atoms with Crippen molar-refractivity contribution in [2.45, 2.75) is 0 Å². The second kappa shape index (κ2) is 6.45. The molecule has 0 bridgehead atoms. The van der Waals surface area contributed by atoms with Crippen LogP contribution in [0.5, 0.6) is 0 Å². The van der Waals surface area contributed by atoms with Crippen LogP contribution in [0, 0.1) is 0 Å². The first-order valence-corrected chi connectivity index (χ1v) is 7.75. The van der Waals surface area contributed by atoms with Crippen molar-refractivity contribution < 1.29 is 9.59 Å². The molecule has 1 heterocycles. The number of hydrogen-bond donors (Lipinski definition) is 0. The van der Waals surface area contributed by atoms with Crippen LogP contribution in [-0.4, -0.2) is 64.7 Å². The number of piperazine rings is 1. The minimum atomic E-state index is -0.100. The van der Waals surface area contributed by atoms with E-state index in [9.17, 15) is 9.59 Å². The summed E-state index contributed by atoms with van der Waals surface area (Å²) in [6, 6.07) is 0. The Kier molecular flexibility index (Phi) is 4.90. The highest BCUT2D eigenvalue weighted by molar-refractivity contribution is 8.22. The van der Waals surface area contributed by atoms with E-state index in [4.69, 9.17) is 12.2 Å². The molecule has 102 valence electrons. The van der Waals surface area contributed by atoms with Crippen molar-refractivity contribution >= 4 is 39.9 Å². The smallest absolute Gasteiger partial charge is 0.183 e. The first-order valence-electron chi connectivity index (χ1n) is 6.12. The number of rotatable bonds is 2. The fraction of sp³-hybridized carbons (Fsp3) is 0.462. The SMILES string of the molecule is CSC(=S)N1CCN(CC2=CC(=O)C=CC2=O)CC1. The monoisotopic (exact) mass is 296 g/mol. The minimum absolute atomic E-state index is 0.0540. The van der Waals surface area contributed by atoms with Gasteiger partial charge in [0.05, 0.1) is 0 Å². The molecule has 1 saturated heterocycles. The summed E-state index contributed by atoms with van der Waals surface area (Å²) >= 11 is 6.85. The molecule has 1 aliphatic heterocycles. The van der Waals surface area contributed by atoms with Crippen molar-refractivity contribution in [3.63, 3.8) is 0 Å². The Morgan fingerprint density at radius 1 is 1.26 bits per heavy atom. The maximum absolute atomic E-state index is 11.7. The standard InChI is InChI=1S/C13H16N2O2S2/c1-19-13(18)15-6-4-14(5-7-15)9-10-8-11(16)2-3-12(10)17/h2-3,8H,4-7,9H2,1H3. The first kappa shape index (κ1) is 14.4. The zero-order chi connectivity index (χ0) is 13.8. The van der Waals surface area contributed by atoms with Gasteiger partial charge in [0.2, 0.25) is 0 Å². The molecule has 0 aromatic heterocycles. The average Bonchev–Trinajstić information content (AvgIpc) is 2.43. The Hall–Kier alpha value is -0.980. The van der Waals surface area contributed by atoms with E-state index in [0.29, 0.717) is 12.1 Å². The van der Waals surface area contributed by atoms with E-state index in [1.54, 1.807) is 11.8 Å². The molecule has 1 fully saturated rings. The van der Waals surface area contributed by atoms with E-state index in [1.165, 1.54) is 18.2 Å². The highest BCUT2D eigenvalue weighted by atomic mass is 32.2. The molecule has 0 unspecified atom stereocenters. The molecule has 6 heteroatoms. The van der Waals surface area contributed by atoms with Crippen molar-refractivity contribution in [2.24, 2.45) is 0 Å². The van der Waals surface area contributed by atoms with Gasteiger partial charge in [0.15, 0.2) is 11.6 Å². The first-order chi connectivity index (χ1) is 9.10. The molecular formula is C13H16N2O2S2. The summed E-state index contributed by atoms with van der Waals surface area (Å²) in [5.41, 5.74) is 0.591. The second-order valence-electron chi connectivity index (χ2n) is 4.50. The fourth-order valence-corrected chi connectivity index (χ4v) is 2.76. The molecule has 1 aliphatic carbocycles. The zero-order valence-electron chi connectivity index (χ0n) is 10.8. The maximum atomic E-state index is 11.7. The van der Waals surface area contributed by atoms with Crippen molar-refractivity contribution in [2.75, 3.05) is 39.0 Å². The van der Waals surface area contributed by atoms with Crippen LogP contribution in [0.3, 0.4) is 0 Å². The quantitative estimate of drug-likeness (QED) is 0.557. The third-order valence-corrected chi connectivity index (χ3v) is 4.60. The van der Waals surface area contributed by atoms with Crippen LogP contribution in [0.1, 0.15) is 0 Å². The number of carbonyl (C=O) groups is 2. The molecule has 2 rings (SSSR count). The number of nitrogens with zero attached hydrogens (tertiary/aromatic N) is 2. The third kappa shape index (κ3) is 3.75. The van der Waals surface area contributed by atoms with Crippen molar-refractivity contribution in [3.05, 3.63) is 23.8 Å². The normalized spacial score (nSPS) is 20.7. The van der Waals surface area contributed by atoms with Gasteiger partial charge in [-0.05, 0) is 24.5 Å². The summed E-state index contributed by atoms with van der Waals surface area (Å²) in [5.74, 6) is -0.154. The van der Waals surface area contributed by atoms with Gasteiger partial charge in [0.25, 0.3) is 0 Å². The second-order valence-corrected chi connectivity index (χ2v) is 5.94. The summed E-state index contributed by atoms with van der Waals surface area (Å²) in [7, 11) is 0. The highest BCUT2D eigenvalue weighted by Gasteiger charge is 2.21. The van der Waals surface area contributed by atoms with Crippen molar-refractivity contribution in [3.8, 4) is 0 Å². The summed E-state index contributed by atoms with van der Waals surface area (Å²) in [5, 5.41) is 0. The molecule has 0 amide bonds. The summed E-state index contributed by atoms with van der Waals surface area (Å²) in [6.07, 6.45) is 6.11. The van der Waals surface area contributed by atoms with Crippen molar-refractivity contribution in [1.29, 1.82) is 0 Å². The van der Waals surface area contributed by atoms with Crippen molar-refractivity contribution in [1.82, 2.24) is 9.80 Å². The largest absolute Gasteiger partial charge is 0.355 e. The van der Waals surface area contributed by atoms with Crippen LogP contribution in [0.4, 0.5) is 0 Å². The Morgan fingerprint density at radius 2 is 1.95 bits per heavy atom. The predicted molar refractivity (Wildman–Crippen MR) is 81.4 cm³/mol. The van der Waals surface area contributed by atoms with Crippen LogP contribution in [-0.2, 0) is 9.59 Å². The van der Waals surface area contributed by atoms with Crippen LogP contribution >= 0.6 is 24.0 Å². The van der Waals surface area contributed by atoms with Gasteiger partial charge in [-0.2, -0.15) is 0 Å². The molecule has 2 aliphatic rings. The molecule has 0 N–H and O–H groups in total. The average molecular weight is 296 g/mol. The van der Waals surface area contributed by atoms with E-state index >= 15 is 0 Å². The van der Waals surface area contributed by atoms with E-state index in [0.717, 1.165) is 30.5 Å². The molecule has 0 saturated carbocycles. The summed E-state index contributed by atoms with van der Waals surface area (Å²) in [4.78, 5) is 27.3. The number of thioether (sulfide) groups is 1. The number of thiocarbonyl (C=S) groups is 1. The third-order valence-electron chi connectivity index (χ3n) is 3.23. The Bertz CT molecular complexity index is 463. The number of carbonyl (C=O) groups excluding carboxylic acids is 2. The zero-order valence-corrected chi connectivity index (χ0v) is 12.4. The van der Waals surface area contributed by atoms with Gasteiger partial charge in [-0.15, -0.1) is 11.8 Å². The maximum Gasteiger partial charge on any atom is 0.183 e. The summed E-state index contributed by atoms with van der Waals surface area (Å²) in [6.45, 7) is 4.04. The van der Waals surface area contributed by atoms with Crippen LogP contribution < -0.4 is 0 Å². The lowest BCUT2D eigenvalue weighted by Gasteiger charge is -2.35. The van der Waals surface area contributed by atoms with E-state index in [2.05, 4.69) is 9.80 Å². The topological polar surface area (TPSA) is 40.6 Å². The lowest BCUT2D eigenvalue weighted by atomic mass is 10.0. The molecule has 0 spiro atoms. The van der Waals surface area contributed by atoms with Gasteiger partial charge >= 0.3 is 0 Å². The van der Waals surface area contributed by atoms with Gasteiger partial charge in [-0.3, -0.25) is 14.5 Å². The number of ketones is 2. The Balaban J connectivity index is 1.88. The molecule has 19 heavy (non-hydrogen) atoms. The Labute approximate surface area is 122 Å². The van der Waals surface area contributed by atoms with Gasteiger partial charge in [-0.25, -0.2) is 0 Å². The molecule has 0 aromatic rings. The van der Waals surface area contributed by atoms with Gasteiger partial charge in [-0.1, -0.05) is 12.2 Å². The van der Waals surface area contributed by atoms with Gasteiger partial charge in [0, 0.05) is 38.3 Å². The minimum Gasteiger partial charge on any atom is -0.355 e. The van der Waals surface area contributed by atoms with E-state index in [-0.39, 0.29) is 11.6 Å². The predicted octanol–water partition coefficient (Wildman–Crippen LogP) is 0.886. The molecule has 0 radical (unpaired) electrons. The van der Waals surface area contributed by atoms with E-state index in [1.807, 2.05) is 6.26 Å². The van der Waals surface area contributed by atoms with Gasteiger partial charge in [0.1, 0.15) is 4.32 Å². The summed E-state index contributed by atoms with van der Waals surface area (Å²) < 4.78 is 0.922. The number of allylic oxidation sites excluding steroid dienone is 3. The lowest BCUT2D eigenvalue weighted by Crippen LogP contribution is -2.48.